The van der Waals surface area contributed by atoms with Gasteiger partial charge in [0.15, 0.2) is 0 Å². The molecule has 0 radical (unpaired) electrons. The van der Waals surface area contributed by atoms with E-state index in [1.807, 2.05) is 0 Å². The van der Waals surface area contributed by atoms with Crippen LogP contribution in [0.4, 0.5) is 18.9 Å². The minimum absolute atomic E-state index is 0.0207. The number of amides is 3. The first-order valence-electron chi connectivity index (χ1n) is 14.1. The van der Waals surface area contributed by atoms with Crippen molar-refractivity contribution in [2.24, 2.45) is 5.41 Å². The smallest absolute Gasteiger partial charge is 0.416 e. The molecule has 13 heteroatoms. The molecule has 1 aliphatic carbocycles. The van der Waals surface area contributed by atoms with Gasteiger partial charge in [0, 0.05) is 24.2 Å². The summed E-state index contributed by atoms with van der Waals surface area (Å²) in [6.45, 7) is 0.0207. The van der Waals surface area contributed by atoms with Crippen LogP contribution in [0.2, 0.25) is 10.0 Å². The molecular formula is C32H30Cl2F3N3O5. The fraction of sp³-hybridized carbons (Fsp3) is 0.312. The van der Waals surface area contributed by atoms with Gasteiger partial charge in [0.25, 0.3) is 11.8 Å². The topological polar surface area (TPSA) is 125 Å². The quantitative estimate of drug-likeness (QED) is 0.181. The van der Waals surface area contributed by atoms with E-state index in [0.29, 0.717) is 24.1 Å². The number of nitrogens with one attached hydrogen (secondary N) is 3. The molecule has 0 bridgehead atoms. The number of carbonyl (C=O) groups is 4. The van der Waals surface area contributed by atoms with Gasteiger partial charge in [-0.2, -0.15) is 13.2 Å². The number of carbonyl (C=O) groups excluding carboxylic acids is 3. The van der Waals surface area contributed by atoms with Crippen LogP contribution >= 0.6 is 23.2 Å². The van der Waals surface area contributed by atoms with Gasteiger partial charge >= 0.3 is 12.1 Å². The van der Waals surface area contributed by atoms with Crippen LogP contribution in [-0.2, 0) is 22.2 Å². The Kier molecular flexibility index (Phi) is 10.8. The molecule has 4 N–H and O–H groups in total. The monoisotopic (exact) mass is 663 g/mol. The van der Waals surface area contributed by atoms with Crippen molar-refractivity contribution in [1.29, 1.82) is 0 Å². The fourth-order valence-electron chi connectivity index (χ4n) is 5.38. The van der Waals surface area contributed by atoms with E-state index >= 15 is 0 Å². The first-order chi connectivity index (χ1) is 21.3. The van der Waals surface area contributed by atoms with Crippen molar-refractivity contribution in [1.82, 2.24) is 10.6 Å². The molecule has 4 rings (SSSR count). The molecule has 1 aliphatic rings. The maximum atomic E-state index is 13.5. The molecule has 0 spiro atoms. The summed E-state index contributed by atoms with van der Waals surface area (Å²) in [4.78, 5) is 50.8. The summed E-state index contributed by atoms with van der Waals surface area (Å²) in [5, 5.41) is 18.2. The lowest BCUT2D eigenvalue weighted by Gasteiger charge is -2.29. The number of hydrogen-bond acceptors (Lipinski definition) is 4. The Hall–Kier alpha value is -4.09. The highest BCUT2D eigenvalue weighted by Gasteiger charge is 2.42. The Labute approximate surface area is 267 Å². The molecule has 0 aromatic heterocycles. The Morgan fingerprint density at radius 2 is 1.51 bits per heavy atom. The Bertz CT molecular complexity index is 1550. The summed E-state index contributed by atoms with van der Waals surface area (Å²) < 4.78 is 39.1. The summed E-state index contributed by atoms with van der Waals surface area (Å²) in [6, 6.07) is 13.9. The largest absolute Gasteiger partial charge is 0.480 e. The highest BCUT2D eigenvalue weighted by atomic mass is 35.5. The molecule has 3 aromatic carbocycles. The third-order valence-corrected chi connectivity index (χ3v) is 8.46. The molecule has 8 nitrogen and oxygen atoms in total. The van der Waals surface area contributed by atoms with Crippen LogP contribution in [0.15, 0.2) is 66.7 Å². The summed E-state index contributed by atoms with van der Waals surface area (Å²) in [6.07, 6.45) is -2.00. The van der Waals surface area contributed by atoms with Crippen LogP contribution in [-0.4, -0.2) is 41.4 Å². The van der Waals surface area contributed by atoms with Crippen LogP contribution in [0.1, 0.15) is 63.9 Å². The van der Waals surface area contributed by atoms with Gasteiger partial charge in [-0.3, -0.25) is 14.4 Å². The summed E-state index contributed by atoms with van der Waals surface area (Å²) in [7, 11) is 0. The minimum atomic E-state index is -4.59. The number of halogens is 5. The van der Waals surface area contributed by atoms with Crippen molar-refractivity contribution in [3.05, 3.63) is 99.0 Å². The Morgan fingerprint density at radius 1 is 0.889 bits per heavy atom. The Balaban J connectivity index is 1.36. The van der Waals surface area contributed by atoms with E-state index in [9.17, 15) is 37.5 Å². The highest BCUT2D eigenvalue weighted by Crippen LogP contribution is 2.41. The molecule has 0 unspecified atom stereocenters. The lowest BCUT2D eigenvalue weighted by atomic mass is 9.81. The number of carboxylic acid groups (broad SMARTS) is 1. The van der Waals surface area contributed by atoms with Gasteiger partial charge < -0.3 is 21.1 Å². The van der Waals surface area contributed by atoms with E-state index in [2.05, 4.69) is 16.0 Å². The maximum Gasteiger partial charge on any atom is 0.416 e. The molecule has 45 heavy (non-hydrogen) atoms. The van der Waals surface area contributed by atoms with Crippen LogP contribution in [0, 0.1) is 5.41 Å². The van der Waals surface area contributed by atoms with Gasteiger partial charge in [-0.15, -0.1) is 0 Å². The average molecular weight is 665 g/mol. The van der Waals surface area contributed by atoms with Crippen molar-refractivity contribution in [3.8, 4) is 0 Å². The minimum Gasteiger partial charge on any atom is -0.480 e. The zero-order valence-electron chi connectivity index (χ0n) is 23.8. The predicted octanol–water partition coefficient (Wildman–Crippen LogP) is 6.76. The first-order valence-corrected chi connectivity index (χ1v) is 14.9. The number of hydrogen-bond donors (Lipinski definition) is 4. The summed E-state index contributed by atoms with van der Waals surface area (Å²) in [5.74, 6) is -2.91. The van der Waals surface area contributed by atoms with Gasteiger partial charge in [-0.05, 0) is 67.3 Å². The number of benzene rings is 3. The molecule has 3 aromatic rings. The normalized spacial score (nSPS) is 14.8. The van der Waals surface area contributed by atoms with E-state index in [-0.39, 0.29) is 40.6 Å². The van der Waals surface area contributed by atoms with Gasteiger partial charge in [-0.25, -0.2) is 4.79 Å². The molecule has 3 amide bonds. The van der Waals surface area contributed by atoms with Crippen LogP contribution in [0.25, 0.3) is 0 Å². The van der Waals surface area contributed by atoms with Crippen molar-refractivity contribution >= 4 is 52.6 Å². The van der Waals surface area contributed by atoms with Crippen LogP contribution < -0.4 is 16.0 Å². The van der Waals surface area contributed by atoms with E-state index < -0.39 is 46.9 Å². The number of anilines is 1. The van der Waals surface area contributed by atoms with Crippen LogP contribution in [0.5, 0.6) is 0 Å². The van der Waals surface area contributed by atoms with Gasteiger partial charge in [0.05, 0.1) is 26.6 Å². The van der Waals surface area contributed by atoms with E-state index in [4.69, 9.17) is 23.2 Å². The number of aliphatic carboxylic acids is 1. The molecule has 1 saturated carbocycles. The number of alkyl halides is 3. The van der Waals surface area contributed by atoms with Crippen molar-refractivity contribution in [2.75, 3.05) is 11.9 Å². The molecule has 1 fully saturated rings. The third kappa shape index (κ3) is 8.55. The average Bonchev–Trinajstić information content (AvgIpc) is 3.47. The maximum absolute atomic E-state index is 13.5. The molecule has 238 valence electrons. The van der Waals surface area contributed by atoms with Crippen molar-refractivity contribution in [2.45, 2.75) is 50.7 Å². The van der Waals surface area contributed by atoms with Crippen molar-refractivity contribution in [3.63, 3.8) is 0 Å². The number of carboxylic acids is 1. The molecule has 0 aliphatic heterocycles. The summed E-state index contributed by atoms with van der Waals surface area (Å²) in [5.41, 5.74) is -0.891. The molecule has 0 saturated heterocycles. The van der Waals surface area contributed by atoms with Gasteiger partial charge in [0.1, 0.15) is 6.04 Å². The predicted molar refractivity (Wildman–Crippen MR) is 163 cm³/mol. The lowest BCUT2D eigenvalue weighted by Crippen LogP contribution is -2.49. The second-order valence-corrected chi connectivity index (χ2v) is 11.7. The van der Waals surface area contributed by atoms with E-state index in [1.54, 1.807) is 30.3 Å². The first kappa shape index (κ1) is 33.8. The SMILES string of the molecule is O=C(NCCC1(C(=O)N[C@@H](Cc2ccc(NC(=O)c3c(Cl)cccc3Cl)cc2)C(=O)O)CCCC1)c1cccc(C(F)(F)F)c1. The standard InChI is InChI=1S/C32H30Cl2F3N3O5/c33-23-7-4-8-24(34)26(23)28(42)39-22-11-9-19(10-12-22)17-25(29(43)44)40-30(45)31(13-1-2-14-31)15-16-38-27(41)20-5-3-6-21(18-20)32(35,36)37/h3-12,18,25H,1-2,13-17H2,(H,38,41)(H,39,42)(H,40,45)(H,43,44)/t25-/m0/s1. The lowest BCUT2D eigenvalue weighted by molar-refractivity contribution is -0.144. The van der Waals surface area contributed by atoms with Gasteiger partial charge in [0.2, 0.25) is 5.91 Å². The van der Waals surface area contributed by atoms with E-state index in [1.165, 1.54) is 18.2 Å². The van der Waals surface area contributed by atoms with Crippen molar-refractivity contribution < 1.29 is 37.5 Å². The second kappa shape index (κ2) is 14.3. The third-order valence-electron chi connectivity index (χ3n) is 7.83. The summed E-state index contributed by atoms with van der Waals surface area (Å²) >= 11 is 12.2. The zero-order chi connectivity index (χ0) is 32.8. The molecule has 1 atom stereocenters. The highest BCUT2D eigenvalue weighted by molar-refractivity contribution is 6.40. The van der Waals surface area contributed by atoms with Crippen LogP contribution in [0.3, 0.4) is 0 Å². The molecular weight excluding hydrogens is 634 g/mol. The Morgan fingerprint density at radius 3 is 2.11 bits per heavy atom. The zero-order valence-corrected chi connectivity index (χ0v) is 25.4. The van der Waals surface area contributed by atoms with Gasteiger partial charge in [-0.1, -0.05) is 60.3 Å². The fourth-order valence-corrected chi connectivity index (χ4v) is 5.95. The molecule has 0 heterocycles. The van der Waals surface area contributed by atoms with E-state index in [0.717, 1.165) is 31.0 Å². The second-order valence-electron chi connectivity index (χ2n) is 10.9. The number of rotatable bonds is 11.